The summed E-state index contributed by atoms with van der Waals surface area (Å²) in [5.41, 5.74) is 1.97. The van der Waals surface area contributed by atoms with Gasteiger partial charge in [-0.2, -0.15) is 0 Å². The van der Waals surface area contributed by atoms with E-state index in [0.717, 1.165) is 22.0 Å². The summed E-state index contributed by atoms with van der Waals surface area (Å²) in [6, 6.07) is 8.94. The number of thiazole rings is 1. The SMILES string of the molecule is CN1C(=O)C(CC(=O)NCc2csc(Cc3ccccc3)n2)N(C)C1=O. The van der Waals surface area contributed by atoms with E-state index in [2.05, 4.69) is 22.4 Å². The van der Waals surface area contributed by atoms with E-state index in [9.17, 15) is 14.4 Å². The molecule has 4 amide bonds. The van der Waals surface area contributed by atoms with Crippen molar-refractivity contribution in [2.24, 2.45) is 0 Å². The van der Waals surface area contributed by atoms with Crippen LogP contribution in [0, 0.1) is 0 Å². The van der Waals surface area contributed by atoms with E-state index in [4.69, 9.17) is 0 Å². The van der Waals surface area contributed by atoms with Gasteiger partial charge in [0.05, 0.1) is 23.7 Å². The Morgan fingerprint density at radius 2 is 1.96 bits per heavy atom. The van der Waals surface area contributed by atoms with Gasteiger partial charge in [-0.3, -0.25) is 14.5 Å². The van der Waals surface area contributed by atoms with Gasteiger partial charge in [0.2, 0.25) is 5.91 Å². The fourth-order valence-electron chi connectivity index (χ4n) is 2.80. The normalized spacial score (nSPS) is 17.1. The smallest absolute Gasteiger partial charge is 0.326 e. The van der Waals surface area contributed by atoms with Crippen LogP contribution >= 0.6 is 11.3 Å². The first-order chi connectivity index (χ1) is 12.5. The maximum atomic E-state index is 12.1. The number of nitrogens with one attached hydrogen (secondary N) is 1. The predicted molar refractivity (Wildman–Crippen MR) is 97.5 cm³/mol. The number of hydrogen-bond acceptors (Lipinski definition) is 5. The van der Waals surface area contributed by atoms with Crippen molar-refractivity contribution in [2.75, 3.05) is 14.1 Å². The molecule has 1 aliphatic heterocycles. The summed E-state index contributed by atoms with van der Waals surface area (Å²) < 4.78 is 0. The first-order valence-electron chi connectivity index (χ1n) is 8.24. The molecule has 1 aromatic carbocycles. The molecule has 1 N–H and O–H groups in total. The quantitative estimate of drug-likeness (QED) is 0.782. The van der Waals surface area contributed by atoms with Crippen LogP contribution in [0.5, 0.6) is 0 Å². The number of urea groups is 1. The zero-order valence-corrected chi connectivity index (χ0v) is 15.5. The van der Waals surface area contributed by atoms with Crippen molar-refractivity contribution in [2.45, 2.75) is 25.4 Å². The minimum absolute atomic E-state index is 0.0492. The van der Waals surface area contributed by atoms with Crippen molar-refractivity contribution < 1.29 is 14.4 Å². The molecule has 3 rings (SSSR count). The van der Waals surface area contributed by atoms with Gasteiger partial charge < -0.3 is 10.2 Å². The van der Waals surface area contributed by atoms with Crippen LogP contribution in [0.2, 0.25) is 0 Å². The molecule has 0 spiro atoms. The molecular weight excluding hydrogens is 352 g/mol. The van der Waals surface area contributed by atoms with Crippen molar-refractivity contribution in [3.8, 4) is 0 Å². The number of carbonyl (C=O) groups is 3. The van der Waals surface area contributed by atoms with Gasteiger partial charge in [0.25, 0.3) is 5.91 Å². The highest BCUT2D eigenvalue weighted by molar-refractivity contribution is 7.09. The second-order valence-corrected chi connectivity index (χ2v) is 7.12. The lowest BCUT2D eigenvalue weighted by molar-refractivity contribution is -0.131. The summed E-state index contributed by atoms with van der Waals surface area (Å²) >= 11 is 1.55. The molecule has 1 saturated heterocycles. The highest BCUT2D eigenvalue weighted by atomic mass is 32.1. The average Bonchev–Trinajstić information content (AvgIpc) is 3.16. The number of nitrogens with zero attached hydrogens (tertiary/aromatic N) is 3. The number of hydrogen-bond donors (Lipinski definition) is 1. The monoisotopic (exact) mass is 372 g/mol. The Labute approximate surface area is 155 Å². The standard InChI is InChI=1S/C18H20N4O3S/c1-21-14(17(24)22(2)18(21)25)9-15(23)19-10-13-11-26-16(20-13)8-12-6-4-3-5-7-12/h3-7,11,14H,8-10H2,1-2H3,(H,19,23). The largest absolute Gasteiger partial charge is 0.350 e. The predicted octanol–water partition coefficient (Wildman–Crippen LogP) is 1.63. The molecule has 0 bridgehead atoms. The maximum Gasteiger partial charge on any atom is 0.326 e. The van der Waals surface area contributed by atoms with Crippen LogP contribution in [0.1, 0.15) is 22.7 Å². The van der Waals surface area contributed by atoms with Crippen LogP contribution < -0.4 is 5.32 Å². The number of aromatic nitrogens is 1. The highest BCUT2D eigenvalue weighted by Crippen LogP contribution is 2.17. The average molecular weight is 372 g/mol. The number of amides is 4. The molecule has 1 atom stereocenters. The van der Waals surface area contributed by atoms with Crippen LogP contribution in [0.15, 0.2) is 35.7 Å². The first-order valence-corrected chi connectivity index (χ1v) is 9.12. The van der Waals surface area contributed by atoms with Gasteiger partial charge >= 0.3 is 6.03 Å². The minimum atomic E-state index is -0.739. The molecule has 0 aliphatic carbocycles. The molecule has 136 valence electrons. The molecule has 2 aromatic rings. The highest BCUT2D eigenvalue weighted by Gasteiger charge is 2.41. The first kappa shape index (κ1) is 18.1. The number of likely N-dealkylation sites (N-methyl/N-ethyl adjacent to an activating group) is 2. The summed E-state index contributed by atoms with van der Waals surface area (Å²) in [6.07, 6.45) is 0.710. The molecule has 1 aromatic heterocycles. The van der Waals surface area contributed by atoms with E-state index >= 15 is 0 Å². The third-order valence-electron chi connectivity index (χ3n) is 4.31. The molecule has 26 heavy (non-hydrogen) atoms. The van der Waals surface area contributed by atoms with Crippen molar-refractivity contribution in [1.82, 2.24) is 20.1 Å². The van der Waals surface area contributed by atoms with E-state index < -0.39 is 12.1 Å². The molecule has 1 fully saturated rings. The van der Waals surface area contributed by atoms with E-state index in [-0.39, 0.29) is 18.2 Å². The summed E-state index contributed by atoms with van der Waals surface area (Å²) in [7, 11) is 2.95. The van der Waals surface area contributed by atoms with Crippen molar-refractivity contribution >= 4 is 29.2 Å². The van der Waals surface area contributed by atoms with Crippen LogP contribution in [0.25, 0.3) is 0 Å². The zero-order chi connectivity index (χ0) is 18.7. The molecular formula is C18H20N4O3S. The second-order valence-electron chi connectivity index (χ2n) is 6.18. The minimum Gasteiger partial charge on any atom is -0.350 e. The van der Waals surface area contributed by atoms with Crippen molar-refractivity contribution in [1.29, 1.82) is 0 Å². The molecule has 1 aliphatic rings. The lowest BCUT2D eigenvalue weighted by atomic mass is 10.2. The van der Waals surface area contributed by atoms with Gasteiger partial charge in [-0.1, -0.05) is 30.3 Å². The van der Waals surface area contributed by atoms with Gasteiger partial charge in [-0.05, 0) is 5.56 Å². The number of rotatable bonds is 6. The third-order valence-corrected chi connectivity index (χ3v) is 5.21. The molecule has 7 nitrogen and oxygen atoms in total. The Kier molecular flexibility index (Phi) is 5.32. The summed E-state index contributed by atoms with van der Waals surface area (Å²) in [5.74, 6) is -0.637. The summed E-state index contributed by atoms with van der Waals surface area (Å²) in [5, 5.41) is 5.67. The Morgan fingerprint density at radius 1 is 1.23 bits per heavy atom. The van der Waals surface area contributed by atoms with E-state index in [1.54, 1.807) is 11.3 Å². The van der Waals surface area contributed by atoms with Crippen molar-refractivity contribution in [3.63, 3.8) is 0 Å². The summed E-state index contributed by atoms with van der Waals surface area (Å²) in [6.45, 7) is 0.304. The van der Waals surface area contributed by atoms with Crippen LogP contribution in [0.3, 0.4) is 0 Å². The Bertz CT molecular complexity index is 821. The molecule has 0 radical (unpaired) electrons. The van der Waals surface area contributed by atoms with Gasteiger partial charge in [0, 0.05) is 25.9 Å². The Hall–Kier alpha value is -2.74. The van der Waals surface area contributed by atoms with Gasteiger partial charge in [0.1, 0.15) is 6.04 Å². The van der Waals surface area contributed by atoms with Crippen LogP contribution in [0.4, 0.5) is 4.79 Å². The Morgan fingerprint density at radius 3 is 2.62 bits per heavy atom. The number of benzene rings is 1. The van der Waals surface area contributed by atoms with E-state index in [0.29, 0.717) is 6.54 Å². The van der Waals surface area contributed by atoms with Gasteiger partial charge in [0.15, 0.2) is 0 Å². The van der Waals surface area contributed by atoms with Gasteiger partial charge in [-0.25, -0.2) is 9.78 Å². The Balaban J connectivity index is 1.51. The second kappa shape index (κ2) is 7.65. The van der Waals surface area contributed by atoms with Crippen LogP contribution in [-0.2, 0) is 22.6 Å². The number of imide groups is 1. The lowest BCUT2D eigenvalue weighted by Crippen LogP contribution is -2.37. The number of carbonyl (C=O) groups excluding carboxylic acids is 3. The molecule has 2 heterocycles. The van der Waals surface area contributed by atoms with E-state index in [1.165, 1.54) is 24.6 Å². The van der Waals surface area contributed by atoms with Gasteiger partial charge in [-0.15, -0.1) is 11.3 Å². The van der Waals surface area contributed by atoms with Crippen molar-refractivity contribution in [3.05, 3.63) is 52.0 Å². The molecule has 1 unspecified atom stereocenters. The molecule has 8 heteroatoms. The zero-order valence-electron chi connectivity index (χ0n) is 14.6. The topological polar surface area (TPSA) is 82.6 Å². The third kappa shape index (κ3) is 3.91. The molecule has 0 saturated carbocycles. The van der Waals surface area contributed by atoms with Crippen LogP contribution in [-0.4, -0.2) is 52.8 Å². The van der Waals surface area contributed by atoms with E-state index in [1.807, 2.05) is 23.6 Å². The maximum absolute atomic E-state index is 12.1. The fourth-order valence-corrected chi connectivity index (χ4v) is 3.62. The lowest BCUT2D eigenvalue weighted by Gasteiger charge is -2.15. The fraction of sp³-hybridized carbons (Fsp3) is 0.333. The summed E-state index contributed by atoms with van der Waals surface area (Å²) in [4.78, 5) is 42.7.